The van der Waals surface area contributed by atoms with Crippen LogP contribution in [0.1, 0.15) is 36.9 Å². The number of hydrogen-bond acceptors (Lipinski definition) is 4. The van der Waals surface area contributed by atoms with Crippen molar-refractivity contribution in [3.63, 3.8) is 0 Å². The summed E-state index contributed by atoms with van der Waals surface area (Å²) in [4.78, 5) is 18.7. The van der Waals surface area contributed by atoms with Crippen LogP contribution in [0.15, 0.2) is 12.1 Å². The predicted molar refractivity (Wildman–Crippen MR) is 89.6 cm³/mol. The van der Waals surface area contributed by atoms with Gasteiger partial charge in [-0.05, 0) is 57.7 Å². The van der Waals surface area contributed by atoms with Gasteiger partial charge in [-0.1, -0.05) is 6.07 Å². The van der Waals surface area contributed by atoms with Gasteiger partial charge in [-0.2, -0.15) is 0 Å². The van der Waals surface area contributed by atoms with E-state index in [2.05, 4.69) is 17.1 Å². The number of amides is 1. The standard InChI is InChI=1S/C17H22N2O2S/c1-11-18-14-6-5-12-7-9-19(16(20)21-17(2,3)4)10-8-13(12)15(14)22-11/h5-6H,7-10H2,1-4H3. The Kier molecular flexibility index (Phi) is 3.85. The van der Waals surface area contributed by atoms with Crippen molar-refractivity contribution in [3.05, 3.63) is 28.3 Å². The zero-order valence-electron chi connectivity index (χ0n) is 13.6. The van der Waals surface area contributed by atoms with Gasteiger partial charge in [0, 0.05) is 13.1 Å². The number of carbonyl (C=O) groups excluding carboxylic acids is 1. The molecular formula is C17H22N2O2S. The maximum atomic E-state index is 12.3. The summed E-state index contributed by atoms with van der Waals surface area (Å²) in [7, 11) is 0. The molecule has 4 nitrogen and oxygen atoms in total. The summed E-state index contributed by atoms with van der Waals surface area (Å²) in [5, 5.41) is 1.09. The summed E-state index contributed by atoms with van der Waals surface area (Å²) in [6.07, 6.45) is 1.53. The lowest BCUT2D eigenvalue weighted by Gasteiger charge is -2.26. The minimum Gasteiger partial charge on any atom is -0.444 e. The number of carbonyl (C=O) groups is 1. The normalized spacial score (nSPS) is 15.5. The first-order valence-electron chi connectivity index (χ1n) is 7.69. The molecule has 0 atom stereocenters. The number of fused-ring (bicyclic) bond motifs is 3. The summed E-state index contributed by atoms with van der Waals surface area (Å²) in [5.41, 5.74) is 3.32. The Morgan fingerprint density at radius 3 is 2.73 bits per heavy atom. The Labute approximate surface area is 135 Å². The first kappa shape index (κ1) is 15.3. The largest absolute Gasteiger partial charge is 0.444 e. The van der Waals surface area contributed by atoms with E-state index in [1.165, 1.54) is 15.8 Å². The lowest BCUT2D eigenvalue weighted by atomic mass is 10.0. The van der Waals surface area contributed by atoms with Gasteiger partial charge in [0.2, 0.25) is 0 Å². The topological polar surface area (TPSA) is 42.4 Å². The monoisotopic (exact) mass is 318 g/mol. The van der Waals surface area contributed by atoms with Gasteiger partial charge < -0.3 is 9.64 Å². The molecule has 22 heavy (non-hydrogen) atoms. The zero-order chi connectivity index (χ0) is 15.9. The second kappa shape index (κ2) is 5.54. The van der Waals surface area contributed by atoms with E-state index >= 15 is 0 Å². The number of thiazole rings is 1. The van der Waals surface area contributed by atoms with Crippen molar-refractivity contribution in [2.75, 3.05) is 13.1 Å². The van der Waals surface area contributed by atoms with E-state index < -0.39 is 5.60 Å². The van der Waals surface area contributed by atoms with E-state index in [-0.39, 0.29) is 6.09 Å². The molecule has 0 saturated carbocycles. The van der Waals surface area contributed by atoms with Gasteiger partial charge in [-0.25, -0.2) is 9.78 Å². The Morgan fingerprint density at radius 2 is 2.00 bits per heavy atom. The van der Waals surface area contributed by atoms with Crippen LogP contribution in [-0.2, 0) is 17.6 Å². The van der Waals surface area contributed by atoms with E-state index in [1.807, 2.05) is 32.6 Å². The van der Waals surface area contributed by atoms with E-state index in [1.54, 1.807) is 11.3 Å². The predicted octanol–water partition coefficient (Wildman–Crippen LogP) is 3.94. The fourth-order valence-corrected chi connectivity index (χ4v) is 3.84. The minimum atomic E-state index is -0.446. The molecular weight excluding hydrogens is 296 g/mol. The van der Waals surface area contributed by atoms with Crippen molar-refractivity contribution in [2.45, 2.75) is 46.1 Å². The maximum absolute atomic E-state index is 12.3. The second-order valence-corrected chi connectivity index (χ2v) is 7.95. The van der Waals surface area contributed by atoms with Gasteiger partial charge in [0.05, 0.1) is 15.2 Å². The Hall–Kier alpha value is -1.62. The summed E-state index contributed by atoms with van der Waals surface area (Å²) in [6.45, 7) is 9.17. The number of rotatable bonds is 0. The molecule has 2 heterocycles. The average Bonchev–Trinajstić information content (AvgIpc) is 2.65. The SMILES string of the molecule is Cc1nc2ccc3c(c2s1)CCN(C(=O)OC(C)(C)C)CC3. The summed E-state index contributed by atoms with van der Waals surface area (Å²) >= 11 is 1.75. The van der Waals surface area contributed by atoms with Crippen LogP contribution < -0.4 is 0 Å². The van der Waals surface area contributed by atoms with Gasteiger partial charge in [0.25, 0.3) is 0 Å². The summed E-state index contributed by atoms with van der Waals surface area (Å²) < 4.78 is 6.78. The highest BCUT2D eigenvalue weighted by Crippen LogP contribution is 2.30. The van der Waals surface area contributed by atoms with Crippen LogP contribution in [0.3, 0.4) is 0 Å². The van der Waals surface area contributed by atoms with Gasteiger partial charge in [0.1, 0.15) is 5.60 Å². The van der Waals surface area contributed by atoms with Crippen LogP contribution >= 0.6 is 11.3 Å². The molecule has 118 valence electrons. The van der Waals surface area contributed by atoms with Crippen LogP contribution in [0.2, 0.25) is 0 Å². The quantitative estimate of drug-likeness (QED) is 0.739. The van der Waals surface area contributed by atoms with Crippen LogP contribution in [0.4, 0.5) is 4.79 Å². The number of aromatic nitrogens is 1. The van der Waals surface area contributed by atoms with E-state index in [9.17, 15) is 4.79 Å². The van der Waals surface area contributed by atoms with Gasteiger partial charge >= 0.3 is 6.09 Å². The van der Waals surface area contributed by atoms with E-state index in [4.69, 9.17) is 4.74 Å². The van der Waals surface area contributed by atoms with Crippen molar-refractivity contribution >= 4 is 27.6 Å². The van der Waals surface area contributed by atoms with Crippen LogP contribution in [-0.4, -0.2) is 34.7 Å². The molecule has 3 rings (SSSR count). The third-order valence-corrected chi connectivity index (χ3v) is 4.85. The number of ether oxygens (including phenoxy) is 1. The van der Waals surface area contributed by atoms with Gasteiger partial charge in [-0.15, -0.1) is 11.3 Å². The summed E-state index contributed by atoms with van der Waals surface area (Å²) in [6, 6.07) is 4.26. The fraction of sp³-hybridized carbons (Fsp3) is 0.529. The van der Waals surface area contributed by atoms with E-state index in [0.717, 1.165) is 23.4 Å². The molecule has 0 spiro atoms. The van der Waals surface area contributed by atoms with Crippen LogP contribution in [0, 0.1) is 6.92 Å². The molecule has 2 aromatic rings. The van der Waals surface area contributed by atoms with Crippen molar-refractivity contribution < 1.29 is 9.53 Å². The summed E-state index contributed by atoms with van der Waals surface area (Å²) in [5.74, 6) is 0. The molecule has 0 aliphatic carbocycles. The molecule has 0 fully saturated rings. The van der Waals surface area contributed by atoms with Crippen molar-refractivity contribution in [1.82, 2.24) is 9.88 Å². The smallest absolute Gasteiger partial charge is 0.410 e. The molecule has 1 aromatic carbocycles. The first-order valence-corrected chi connectivity index (χ1v) is 8.51. The highest BCUT2D eigenvalue weighted by atomic mass is 32.1. The molecule has 1 aliphatic rings. The van der Waals surface area contributed by atoms with Gasteiger partial charge in [0.15, 0.2) is 0 Å². The van der Waals surface area contributed by atoms with Crippen LogP contribution in [0.5, 0.6) is 0 Å². The first-order chi connectivity index (χ1) is 10.3. The number of hydrogen-bond donors (Lipinski definition) is 0. The molecule has 1 aromatic heterocycles. The molecule has 0 N–H and O–H groups in total. The van der Waals surface area contributed by atoms with Crippen LogP contribution in [0.25, 0.3) is 10.2 Å². The molecule has 0 unspecified atom stereocenters. The molecule has 0 radical (unpaired) electrons. The van der Waals surface area contributed by atoms with Crippen molar-refractivity contribution in [1.29, 1.82) is 0 Å². The average molecular weight is 318 g/mol. The van der Waals surface area contributed by atoms with Crippen molar-refractivity contribution in [3.8, 4) is 0 Å². The molecule has 1 amide bonds. The van der Waals surface area contributed by atoms with Crippen molar-refractivity contribution in [2.24, 2.45) is 0 Å². The minimum absolute atomic E-state index is 0.211. The number of benzene rings is 1. The molecule has 5 heteroatoms. The Bertz CT molecular complexity index is 715. The lowest BCUT2D eigenvalue weighted by molar-refractivity contribution is 0.0258. The zero-order valence-corrected chi connectivity index (χ0v) is 14.4. The molecule has 1 aliphatic heterocycles. The third-order valence-electron chi connectivity index (χ3n) is 3.80. The highest BCUT2D eigenvalue weighted by Gasteiger charge is 2.25. The van der Waals surface area contributed by atoms with Gasteiger partial charge in [-0.3, -0.25) is 0 Å². The Balaban J connectivity index is 1.83. The molecule has 0 saturated heterocycles. The second-order valence-electron chi connectivity index (χ2n) is 6.75. The Morgan fingerprint density at radius 1 is 1.27 bits per heavy atom. The van der Waals surface area contributed by atoms with E-state index in [0.29, 0.717) is 13.1 Å². The fourth-order valence-electron chi connectivity index (χ4n) is 2.83. The number of nitrogens with zero attached hydrogens (tertiary/aromatic N) is 2. The highest BCUT2D eigenvalue weighted by molar-refractivity contribution is 7.18. The maximum Gasteiger partial charge on any atom is 0.410 e. The lowest BCUT2D eigenvalue weighted by Crippen LogP contribution is -2.38. The molecule has 0 bridgehead atoms. The number of aryl methyl sites for hydroxylation is 1. The third kappa shape index (κ3) is 3.09.